The SMILES string of the molecule is CN(Cc1cccc2ccccc12)C(=O)C1COCCN1.Cl. The summed E-state index contributed by atoms with van der Waals surface area (Å²) in [5.74, 6) is 0.0858. The molecule has 0 bridgehead atoms. The van der Waals surface area contributed by atoms with Gasteiger partial charge in [-0.3, -0.25) is 4.79 Å². The molecular weight excluding hydrogens is 300 g/mol. The molecule has 1 N–H and O–H groups in total. The molecule has 1 fully saturated rings. The zero-order chi connectivity index (χ0) is 14.7. The maximum Gasteiger partial charge on any atom is 0.242 e. The Morgan fingerprint density at radius 3 is 2.82 bits per heavy atom. The van der Waals surface area contributed by atoms with Crippen LogP contribution < -0.4 is 5.32 Å². The average Bonchev–Trinajstić information content (AvgIpc) is 2.55. The Bertz CT molecular complexity index is 636. The van der Waals surface area contributed by atoms with Gasteiger partial charge in [-0.2, -0.15) is 0 Å². The number of nitrogens with one attached hydrogen (secondary N) is 1. The van der Waals surface area contributed by atoms with Crippen LogP contribution in [0.15, 0.2) is 42.5 Å². The number of carbonyl (C=O) groups excluding carboxylic acids is 1. The number of hydrogen-bond acceptors (Lipinski definition) is 3. The molecule has 0 radical (unpaired) electrons. The van der Waals surface area contributed by atoms with Crippen molar-refractivity contribution in [2.75, 3.05) is 26.8 Å². The molecule has 118 valence electrons. The highest BCUT2D eigenvalue weighted by Crippen LogP contribution is 2.19. The van der Waals surface area contributed by atoms with E-state index in [-0.39, 0.29) is 24.4 Å². The maximum atomic E-state index is 12.4. The maximum absolute atomic E-state index is 12.4. The Kier molecular flexibility index (Phi) is 5.77. The van der Waals surface area contributed by atoms with Gasteiger partial charge in [-0.25, -0.2) is 0 Å². The van der Waals surface area contributed by atoms with E-state index in [1.807, 2.05) is 25.2 Å². The minimum absolute atomic E-state index is 0. The predicted molar refractivity (Wildman–Crippen MR) is 90.3 cm³/mol. The number of morpholine rings is 1. The molecule has 22 heavy (non-hydrogen) atoms. The minimum Gasteiger partial charge on any atom is -0.378 e. The van der Waals surface area contributed by atoms with Crippen molar-refractivity contribution in [2.24, 2.45) is 0 Å². The van der Waals surface area contributed by atoms with Gasteiger partial charge in [0.15, 0.2) is 0 Å². The Labute approximate surface area is 136 Å². The van der Waals surface area contributed by atoms with Crippen molar-refractivity contribution < 1.29 is 9.53 Å². The Hall–Kier alpha value is -1.62. The zero-order valence-corrected chi connectivity index (χ0v) is 13.4. The van der Waals surface area contributed by atoms with E-state index in [4.69, 9.17) is 4.74 Å². The van der Waals surface area contributed by atoms with Gasteiger partial charge in [-0.05, 0) is 16.3 Å². The first-order valence-electron chi connectivity index (χ1n) is 7.28. The highest BCUT2D eigenvalue weighted by atomic mass is 35.5. The fraction of sp³-hybridized carbons (Fsp3) is 0.353. The second-order valence-corrected chi connectivity index (χ2v) is 5.41. The molecule has 1 aliphatic rings. The number of carbonyl (C=O) groups is 1. The van der Waals surface area contributed by atoms with Gasteiger partial charge >= 0.3 is 0 Å². The molecule has 1 amide bonds. The second kappa shape index (κ2) is 7.58. The highest BCUT2D eigenvalue weighted by molar-refractivity contribution is 5.87. The van der Waals surface area contributed by atoms with Gasteiger partial charge in [0.05, 0.1) is 13.2 Å². The Morgan fingerprint density at radius 2 is 2.05 bits per heavy atom. The summed E-state index contributed by atoms with van der Waals surface area (Å²) in [6.45, 7) is 2.48. The number of amides is 1. The van der Waals surface area contributed by atoms with Crippen LogP contribution >= 0.6 is 12.4 Å². The lowest BCUT2D eigenvalue weighted by molar-refractivity contribution is -0.135. The molecule has 2 aromatic rings. The lowest BCUT2D eigenvalue weighted by Crippen LogP contribution is -2.51. The van der Waals surface area contributed by atoms with E-state index in [1.54, 1.807) is 4.90 Å². The van der Waals surface area contributed by atoms with E-state index >= 15 is 0 Å². The third-order valence-corrected chi connectivity index (χ3v) is 3.88. The summed E-state index contributed by atoms with van der Waals surface area (Å²) in [6, 6.07) is 14.3. The second-order valence-electron chi connectivity index (χ2n) is 5.41. The lowest BCUT2D eigenvalue weighted by Gasteiger charge is -2.27. The summed E-state index contributed by atoms with van der Waals surface area (Å²) in [5.41, 5.74) is 1.17. The van der Waals surface area contributed by atoms with E-state index in [1.165, 1.54) is 16.3 Å². The fourth-order valence-corrected chi connectivity index (χ4v) is 2.75. The molecule has 5 heteroatoms. The number of benzene rings is 2. The molecule has 1 heterocycles. The van der Waals surface area contributed by atoms with Crippen molar-refractivity contribution in [1.82, 2.24) is 10.2 Å². The first-order chi connectivity index (χ1) is 10.3. The fourth-order valence-electron chi connectivity index (χ4n) is 2.75. The van der Waals surface area contributed by atoms with Crippen LogP contribution in [0.5, 0.6) is 0 Å². The number of rotatable bonds is 3. The van der Waals surface area contributed by atoms with E-state index < -0.39 is 0 Å². The van der Waals surface area contributed by atoms with Gasteiger partial charge in [-0.1, -0.05) is 42.5 Å². The molecular formula is C17H21ClN2O2. The smallest absolute Gasteiger partial charge is 0.242 e. The van der Waals surface area contributed by atoms with Crippen molar-refractivity contribution in [3.63, 3.8) is 0 Å². The predicted octanol–water partition coefficient (Wildman–Crippen LogP) is 2.21. The summed E-state index contributed by atoms with van der Waals surface area (Å²) in [5, 5.41) is 5.61. The summed E-state index contributed by atoms with van der Waals surface area (Å²) in [4.78, 5) is 14.2. The molecule has 1 saturated heterocycles. The molecule has 0 aliphatic carbocycles. The molecule has 0 saturated carbocycles. The van der Waals surface area contributed by atoms with Crippen molar-refractivity contribution in [3.05, 3.63) is 48.0 Å². The van der Waals surface area contributed by atoms with Gasteiger partial charge in [0.25, 0.3) is 0 Å². The number of hydrogen-bond donors (Lipinski definition) is 1. The monoisotopic (exact) mass is 320 g/mol. The van der Waals surface area contributed by atoms with Crippen molar-refractivity contribution in [2.45, 2.75) is 12.6 Å². The van der Waals surface area contributed by atoms with Crippen LogP contribution in [0.25, 0.3) is 10.8 Å². The Balaban J connectivity index is 0.00000176. The summed E-state index contributed by atoms with van der Waals surface area (Å²) in [6.07, 6.45) is 0. The summed E-state index contributed by atoms with van der Waals surface area (Å²) < 4.78 is 5.36. The summed E-state index contributed by atoms with van der Waals surface area (Å²) >= 11 is 0. The van der Waals surface area contributed by atoms with Crippen LogP contribution in [0.3, 0.4) is 0 Å². The largest absolute Gasteiger partial charge is 0.378 e. The van der Waals surface area contributed by atoms with Gasteiger partial charge in [0.2, 0.25) is 5.91 Å². The minimum atomic E-state index is -0.223. The standard InChI is InChI=1S/C17H20N2O2.ClH/c1-19(17(20)16-12-21-10-9-18-16)11-14-7-4-6-13-5-2-3-8-15(13)14;/h2-8,16,18H,9-12H2,1H3;1H. The zero-order valence-electron chi connectivity index (χ0n) is 12.6. The van der Waals surface area contributed by atoms with E-state index in [0.29, 0.717) is 19.8 Å². The van der Waals surface area contributed by atoms with Crippen molar-refractivity contribution >= 4 is 29.1 Å². The highest BCUT2D eigenvalue weighted by Gasteiger charge is 2.24. The van der Waals surface area contributed by atoms with Gasteiger partial charge < -0.3 is 15.0 Å². The molecule has 0 spiro atoms. The number of halogens is 1. The van der Waals surface area contributed by atoms with Crippen LogP contribution in [0.1, 0.15) is 5.56 Å². The van der Waals surface area contributed by atoms with Crippen LogP contribution in [0.4, 0.5) is 0 Å². The molecule has 1 atom stereocenters. The van der Waals surface area contributed by atoms with Gasteiger partial charge in [0, 0.05) is 20.1 Å². The Morgan fingerprint density at radius 1 is 1.27 bits per heavy atom. The summed E-state index contributed by atoms with van der Waals surface area (Å²) in [7, 11) is 1.85. The van der Waals surface area contributed by atoms with Crippen LogP contribution in [0.2, 0.25) is 0 Å². The van der Waals surface area contributed by atoms with Crippen LogP contribution in [0, 0.1) is 0 Å². The molecule has 1 unspecified atom stereocenters. The topological polar surface area (TPSA) is 41.6 Å². The first kappa shape index (κ1) is 16.7. The number of ether oxygens (including phenoxy) is 1. The van der Waals surface area contributed by atoms with Crippen molar-refractivity contribution in [3.8, 4) is 0 Å². The normalized spacial score (nSPS) is 17.8. The lowest BCUT2D eigenvalue weighted by atomic mass is 10.0. The number of likely N-dealkylation sites (N-methyl/N-ethyl adjacent to an activating group) is 1. The van der Waals surface area contributed by atoms with Gasteiger partial charge in [-0.15, -0.1) is 12.4 Å². The van der Waals surface area contributed by atoms with Gasteiger partial charge in [0.1, 0.15) is 6.04 Å². The van der Waals surface area contributed by atoms with Crippen molar-refractivity contribution in [1.29, 1.82) is 0 Å². The third kappa shape index (κ3) is 3.58. The third-order valence-electron chi connectivity index (χ3n) is 3.88. The van der Waals surface area contributed by atoms with E-state index in [9.17, 15) is 4.79 Å². The number of nitrogens with zero attached hydrogens (tertiary/aromatic N) is 1. The van der Waals surface area contributed by atoms with Crippen LogP contribution in [-0.2, 0) is 16.1 Å². The first-order valence-corrected chi connectivity index (χ1v) is 7.28. The molecule has 0 aromatic heterocycles. The van der Waals surface area contributed by atoms with Crippen LogP contribution in [-0.4, -0.2) is 43.7 Å². The quantitative estimate of drug-likeness (QED) is 0.942. The molecule has 2 aromatic carbocycles. The number of fused-ring (bicyclic) bond motifs is 1. The molecule has 4 nitrogen and oxygen atoms in total. The molecule has 3 rings (SSSR count). The average molecular weight is 321 g/mol. The van der Waals surface area contributed by atoms with E-state index in [0.717, 1.165) is 6.54 Å². The van der Waals surface area contributed by atoms with E-state index in [2.05, 4.69) is 29.6 Å². The molecule has 1 aliphatic heterocycles.